The number of nitrogens with two attached hydrogens (primary N) is 1. The number of nitrogens with zero attached hydrogens (tertiary/aromatic N) is 1. The van der Waals surface area contributed by atoms with Crippen LogP contribution in [-0.2, 0) is 0 Å². The van der Waals surface area contributed by atoms with Gasteiger partial charge in [-0.15, -0.1) is 36.2 Å². The van der Waals surface area contributed by atoms with Crippen molar-refractivity contribution in [3.8, 4) is 0 Å². The van der Waals surface area contributed by atoms with Gasteiger partial charge in [-0.2, -0.15) is 0 Å². The van der Waals surface area contributed by atoms with Crippen LogP contribution >= 0.6 is 36.2 Å². The van der Waals surface area contributed by atoms with Crippen LogP contribution in [0.3, 0.4) is 0 Å². The largest absolute Gasteiger partial charge is 0.349 e. The van der Waals surface area contributed by atoms with E-state index in [9.17, 15) is 4.79 Å². The second-order valence-corrected chi connectivity index (χ2v) is 5.21. The van der Waals surface area contributed by atoms with Crippen molar-refractivity contribution < 1.29 is 4.79 Å². The molecule has 0 radical (unpaired) electrons. The van der Waals surface area contributed by atoms with Gasteiger partial charge in [-0.05, 0) is 32.6 Å². The Bertz CT molecular complexity index is 378. The van der Waals surface area contributed by atoms with Crippen molar-refractivity contribution in [3.05, 3.63) is 16.1 Å². The summed E-state index contributed by atoms with van der Waals surface area (Å²) >= 11 is 1.40. The molecule has 0 atom stereocenters. The fourth-order valence-electron chi connectivity index (χ4n) is 2.03. The number of hydrogen-bond donors (Lipinski definition) is 2. The molecule has 1 aliphatic rings. The molecule has 1 fully saturated rings. The first kappa shape index (κ1) is 17.6. The molecular formula is C11H19Cl2N3OS. The van der Waals surface area contributed by atoms with Gasteiger partial charge in [0.1, 0.15) is 4.88 Å². The van der Waals surface area contributed by atoms with Gasteiger partial charge in [0.05, 0.1) is 11.2 Å². The first-order valence-electron chi connectivity index (χ1n) is 5.63. The highest BCUT2D eigenvalue weighted by atomic mass is 35.5. The summed E-state index contributed by atoms with van der Waals surface area (Å²) in [6.07, 6.45) is 3.99. The summed E-state index contributed by atoms with van der Waals surface area (Å²) in [5.74, 6) is 0.0143. The smallest absolute Gasteiger partial charge is 0.263 e. The first-order valence-corrected chi connectivity index (χ1v) is 6.51. The number of aryl methyl sites for hydroxylation is 1. The third-order valence-corrected chi connectivity index (χ3v) is 3.99. The standard InChI is InChI=1S/C11H17N3OS.2ClH/c1-7-10(16-6-13-7)11(15)14-9-4-2-8(12)3-5-9;;/h6,8-9H,2-5,12H2,1H3,(H,14,15);2*1H. The van der Waals surface area contributed by atoms with E-state index in [-0.39, 0.29) is 36.8 Å². The lowest BCUT2D eigenvalue weighted by molar-refractivity contribution is 0.0929. The molecule has 3 N–H and O–H groups in total. The molecule has 1 aromatic rings. The third-order valence-electron chi connectivity index (χ3n) is 3.06. The van der Waals surface area contributed by atoms with Gasteiger partial charge in [0.15, 0.2) is 0 Å². The van der Waals surface area contributed by atoms with Crippen LogP contribution in [0.25, 0.3) is 0 Å². The number of aromatic nitrogens is 1. The Kier molecular flexibility index (Phi) is 7.78. The highest BCUT2D eigenvalue weighted by Gasteiger charge is 2.21. The number of nitrogens with one attached hydrogen (secondary N) is 1. The lowest BCUT2D eigenvalue weighted by Crippen LogP contribution is -2.40. The lowest BCUT2D eigenvalue weighted by atomic mass is 9.92. The van der Waals surface area contributed by atoms with Crippen LogP contribution in [0.2, 0.25) is 0 Å². The molecule has 1 aliphatic carbocycles. The molecular weight excluding hydrogens is 293 g/mol. The SMILES string of the molecule is Cc1ncsc1C(=O)NC1CCC(N)CC1.Cl.Cl. The summed E-state index contributed by atoms with van der Waals surface area (Å²) < 4.78 is 0. The highest BCUT2D eigenvalue weighted by molar-refractivity contribution is 7.11. The number of amides is 1. The molecule has 7 heteroatoms. The molecule has 0 spiro atoms. The second kappa shape index (κ2) is 7.94. The minimum Gasteiger partial charge on any atom is -0.349 e. The minimum atomic E-state index is 0. The molecule has 18 heavy (non-hydrogen) atoms. The van der Waals surface area contributed by atoms with Gasteiger partial charge in [0, 0.05) is 12.1 Å². The van der Waals surface area contributed by atoms with Crippen LogP contribution in [-0.4, -0.2) is 23.0 Å². The van der Waals surface area contributed by atoms with Crippen molar-refractivity contribution in [3.63, 3.8) is 0 Å². The predicted molar refractivity (Wildman–Crippen MR) is 79.0 cm³/mol. The van der Waals surface area contributed by atoms with Crippen molar-refractivity contribution in [1.29, 1.82) is 0 Å². The molecule has 0 aromatic carbocycles. The Balaban J connectivity index is 0.00000144. The van der Waals surface area contributed by atoms with E-state index in [0.717, 1.165) is 36.3 Å². The van der Waals surface area contributed by atoms with Crippen LogP contribution in [0.15, 0.2) is 5.51 Å². The zero-order valence-corrected chi connectivity index (χ0v) is 12.7. The Morgan fingerprint density at radius 2 is 2.00 bits per heavy atom. The predicted octanol–water partition coefficient (Wildman–Crippen LogP) is 2.29. The van der Waals surface area contributed by atoms with Gasteiger partial charge in [-0.1, -0.05) is 0 Å². The maximum atomic E-state index is 11.9. The van der Waals surface area contributed by atoms with E-state index >= 15 is 0 Å². The van der Waals surface area contributed by atoms with Crippen molar-refractivity contribution in [1.82, 2.24) is 10.3 Å². The number of thiazole rings is 1. The van der Waals surface area contributed by atoms with E-state index in [1.807, 2.05) is 6.92 Å². The van der Waals surface area contributed by atoms with Crippen molar-refractivity contribution in [2.75, 3.05) is 0 Å². The van der Waals surface area contributed by atoms with Gasteiger partial charge in [-0.25, -0.2) is 4.98 Å². The minimum absolute atomic E-state index is 0. The fourth-order valence-corrected chi connectivity index (χ4v) is 2.74. The molecule has 1 heterocycles. The Hall–Kier alpha value is -0.360. The summed E-state index contributed by atoms with van der Waals surface area (Å²) in [5, 5.41) is 3.06. The second-order valence-electron chi connectivity index (χ2n) is 4.35. The van der Waals surface area contributed by atoms with Crippen molar-refractivity contribution in [2.24, 2.45) is 5.73 Å². The number of carbonyl (C=O) groups excluding carboxylic acids is 1. The fraction of sp³-hybridized carbons (Fsp3) is 0.636. The van der Waals surface area contributed by atoms with Crippen LogP contribution in [0.4, 0.5) is 0 Å². The maximum Gasteiger partial charge on any atom is 0.263 e. The molecule has 1 amide bonds. The Morgan fingerprint density at radius 1 is 1.39 bits per heavy atom. The average Bonchev–Trinajstić information content (AvgIpc) is 2.68. The van der Waals surface area contributed by atoms with Crippen molar-refractivity contribution in [2.45, 2.75) is 44.7 Å². The van der Waals surface area contributed by atoms with E-state index in [2.05, 4.69) is 10.3 Å². The van der Waals surface area contributed by atoms with Gasteiger partial charge in [-0.3, -0.25) is 4.79 Å². The number of hydrogen-bond acceptors (Lipinski definition) is 4. The average molecular weight is 312 g/mol. The number of carbonyl (C=O) groups is 1. The molecule has 1 saturated carbocycles. The van der Waals surface area contributed by atoms with Gasteiger partial charge in [0.2, 0.25) is 0 Å². The summed E-state index contributed by atoms with van der Waals surface area (Å²) in [6.45, 7) is 1.86. The van der Waals surface area contributed by atoms with Crippen LogP contribution in [0.1, 0.15) is 41.0 Å². The molecule has 2 rings (SSSR count). The number of rotatable bonds is 2. The van der Waals surface area contributed by atoms with Crippen molar-refractivity contribution >= 4 is 42.1 Å². The van der Waals surface area contributed by atoms with Crippen LogP contribution < -0.4 is 11.1 Å². The molecule has 0 aliphatic heterocycles. The third kappa shape index (κ3) is 4.39. The van der Waals surface area contributed by atoms with E-state index in [4.69, 9.17) is 5.73 Å². The van der Waals surface area contributed by atoms with Gasteiger partial charge >= 0.3 is 0 Å². The summed E-state index contributed by atoms with van der Waals surface area (Å²) in [5.41, 5.74) is 8.35. The van der Waals surface area contributed by atoms with E-state index in [0.29, 0.717) is 6.04 Å². The normalized spacial score (nSPS) is 22.6. The highest BCUT2D eigenvalue weighted by Crippen LogP contribution is 2.18. The molecule has 0 saturated heterocycles. The van der Waals surface area contributed by atoms with Crippen LogP contribution in [0, 0.1) is 6.92 Å². The van der Waals surface area contributed by atoms with Gasteiger partial charge < -0.3 is 11.1 Å². The number of halogens is 2. The zero-order chi connectivity index (χ0) is 11.5. The molecule has 104 valence electrons. The summed E-state index contributed by atoms with van der Waals surface area (Å²) in [7, 11) is 0. The lowest BCUT2D eigenvalue weighted by Gasteiger charge is -2.26. The first-order chi connectivity index (χ1) is 7.66. The molecule has 4 nitrogen and oxygen atoms in total. The molecule has 0 bridgehead atoms. The van der Waals surface area contributed by atoms with E-state index < -0.39 is 0 Å². The maximum absolute atomic E-state index is 11.9. The molecule has 0 unspecified atom stereocenters. The topological polar surface area (TPSA) is 68.0 Å². The van der Waals surface area contributed by atoms with Crippen LogP contribution in [0.5, 0.6) is 0 Å². The molecule has 1 aromatic heterocycles. The quantitative estimate of drug-likeness (QED) is 0.880. The summed E-state index contributed by atoms with van der Waals surface area (Å²) in [6, 6.07) is 0.604. The van der Waals surface area contributed by atoms with E-state index in [1.165, 1.54) is 11.3 Å². The summed E-state index contributed by atoms with van der Waals surface area (Å²) in [4.78, 5) is 16.7. The Morgan fingerprint density at radius 3 is 2.50 bits per heavy atom. The zero-order valence-electron chi connectivity index (χ0n) is 10.2. The monoisotopic (exact) mass is 311 g/mol. The van der Waals surface area contributed by atoms with Gasteiger partial charge in [0.25, 0.3) is 5.91 Å². The Labute approximate surface area is 124 Å². The van der Waals surface area contributed by atoms with E-state index in [1.54, 1.807) is 5.51 Å².